The molecule has 0 heterocycles. The van der Waals surface area contributed by atoms with Crippen LogP contribution in [-0.4, -0.2) is 47.6 Å². The highest BCUT2D eigenvalue weighted by Crippen LogP contribution is 2.23. The molecule has 106 valence electrons. The van der Waals surface area contributed by atoms with Crippen molar-refractivity contribution in [1.29, 1.82) is 0 Å². The van der Waals surface area contributed by atoms with Crippen molar-refractivity contribution in [2.24, 2.45) is 5.92 Å². The first-order valence-corrected chi connectivity index (χ1v) is 6.68. The van der Waals surface area contributed by atoms with Gasteiger partial charge in [-0.15, -0.1) is 6.42 Å². The van der Waals surface area contributed by atoms with E-state index >= 15 is 0 Å². The van der Waals surface area contributed by atoms with Crippen molar-refractivity contribution in [2.45, 2.75) is 38.6 Å². The summed E-state index contributed by atoms with van der Waals surface area (Å²) in [5.41, 5.74) is 0. The van der Waals surface area contributed by atoms with Crippen LogP contribution in [0.15, 0.2) is 0 Å². The Hall–Kier alpha value is -1.54. The molecule has 0 aromatic carbocycles. The molecular formula is C14H22N2O3. The van der Waals surface area contributed by atoms with Gasteiger partial charge in [0.2, 0.25) is 5.91 Å². The lowest BCUT2D eigenvalue weighted by Crippen LogP contribution is -2.44. The van der Waals surface area contributed by atoms with Crippen molar-refractivity contribution < 1.29 is 14.7 Å². The lowest BCUT2D eigenvalue weighted by atomic mass is 9.87. The zero-order valence-corrected chi connectivity index (χ0v) is 11.4. The van der Waals surface area contributed by atoms with Gasteiger partial charge in [0.25, 0.3) is 0 Å². The number of nitrogens with one attached hydrogen (secondary N) is 1. The van der Waals surface area contributed by atoms with Gasteiger partial charge in [-0.2, -0.15) is 0 Å². The number of carbonyl (C=O) groups is 2. The quantitative estimate of drug-likeness (QED) is 0.694. The second kappa shape index (κ2) is 7.80. The molecule has 0 saturated heterocycles. The molecule has 1 aliphatic rings. The molecule has 0 aliphatic heterocycles. The molecule has 1 amide bonds. The number of rotatable bonds is 6. The monoisotopic (exact) mass is 266 g/mol. The number of carboxylic acid groups (broad SMARTS) is 1. The lowest BCUT2D eigenvalue weighted by Gasteiger charge is -2.27. The van der Waals surface area contributed by atoms with Gasteiger partial charge >= 0.3 is 5.97 Å². The number of hydrogen-bond donors (Lipinski definition) is 2. The smallest absolute Gasteiger partial charge is 0.317 e. The van der Waals surface area contributed by atoms with Crippen molar-refractivity contribution in [3.8, 4) is 12.3 Å². The standard InChI is InChI=1S/C14H22N2O3/c1-3-8-16(10-14(18)19)9-13(17)15-12-6-4-11(2)5-7-12/h1,11-12H,4-10H2,2H3,(H,15,17)(H,18,19). The van der Waals surface area contributed by atoms with Gasteiger partial charge in [-0.1, -0.05) is 12.8 Å². The molecule has 0 bridgehead atoms. The Morgan fingerprint density at radius 2 is 1.95 bits per heavy atom. The molecule has 1 fully saturated rings. The first-order valence-electron chi connectivity index (χ1n) is 6.68. The Kier molecular flexibility index (Phi) is 6.37. The number of amides is 1. The van der Waals surface area contributed by atoms with Crippen molar-refractivity contribution in [3.05, 3.63) is 0 Å². The van der Waals surface area contributed by atoms with Crippen LogP contribution in [0.2, 0.25) is 0 Å². The van der Waals surface area contributed by atoms with Crippen LogP contribution in [-0.2, 0) is 9.59 Å². The average Bonchev–Trinajstić information content (AvgIpc) is 2.31. The van der Waals surface area contributed by atoms with E-state index in [9.17, 15) is 9.59 Å². The van der Waals surface area contributed by atoms with Crippen LogP contribution in [0.4, 0.5) is 0 Å². The van der Waals surface area contributed by atoms with Gasteiger partial charge in [0.05, 0.1) is 19.6 Å². The highest BCUT2D eigenvalue weighted by atomic mass is 16.4. The number of carbonyl (C=O) groups excluding carboxylic acids is 1. The third-order valence-electron chi connectivity index (χ3n) is 3.42. The van der Waals surface area contributed by atoms with E-state index in [0.29, 0.717) is 0 Å². The first kappa shape index (κ1) is 15.5. The molecular weight excluding hydrogens is 244 g/mol. The fourth-order valence-corrected chi connectivity index (χ4v) is 2.37. The molecule has 2 N–H and O–H groups in total. The normalized spacial score (nSPS) is 22.8. The number of hydrogen-bond acceptors (Lipinski definition) is 3. The topological polar surface area (TPSA) is 69.6 Å². The molecule has 1 rings (SSSR count). The van der Waals surface area contributed by atoms with Crippen LogP contribution in [0.1, 0.15) is 32.6 Å². The van der Waals surface area contributed by atoms with Gasteiger partial charge in [0.1, 0.15) is 0 Å². The van der Waals surface area contributed by atoms with Crippen molar-refractivity contribution in [2.75, 3.05) is 19.6 Å². The Labute approximate surface area is 114 Å². The maximum atomic E-state index is 11.8. The molecule has 5 nitrogen and oxygen atoms in total. The van der Waals surface area contributed by atoms with Crippen LogP contribution < -0.4 is 5.32 Å². The van der Waals surface area contributed by atoms with Gasteiger partial charge in [-0.25, -0.2) is 0 Å². The molecule has 1 saturated carbocycles. The van der Waals surface area contributed by atoms with Crippen LogP contribution >= 0.6 is 0 Å². The Morgan fingerprint density at radius 1 is 1.32 bits per heavy atom. The van der Waals surface area contributed by atoms with Crippen LogP contribution in [0.5, 0.6) is 0 Å². The van der Waals surface area contributed by atoms with E-state index in [1.807, 2.05) is 0 Å². The second-order valence-electron chi connectivity index (χ2n) is 5.27. The summed E-state index contributed by atoms with van der Waals surface area (Å²) in [6.07, 6.45) is 9.43. The number of carboxylic acids is 1. The zero-order valence-electron chi connectivity index (χ0n) is 11.4. The maximum absolute atomic E-state index is 11.8. The largest absolute Gasteiger partial charge is 0.480 e. The van der Waals surface area contributed by atoms with E-state index in [1.165, 1.54) is 4.90 Å². The minimum absolute atomic E-state index is 0.0442. The molecule has 1 aliphatic carbocycles. The zero-order chi connectivity index (χ0) is 14.3. The summed E-state index contributed by atoms with van der Waals surface area (Å²) in [6, 6.07) is 0.223. The molecule has 0 unspecified atom stereocenters. The number of aliphatic carboxylic acids is 1. The summed E-state index contributed by atoms with van der Waals surface area (Å²) in [6.45, 7) is 2.23. The maximum Gasteiger partial charge on any atom is 0.317 e. The van der Waals surface area contributed by atoms with Crippen LogP contribution in [0.25, 0.3) is 0 Å². The SMILES string of the molecule is C#CCN(CC(=O)O)CC(=O)NC1CCC(C)CC1. The summed E-state index contributed by atoms with van der Waals surface area (Å²) in [4.78, 5) is 23.9. The van der Waals surface area contributed by atoms with Crippen molar-refractivity contribution in [1.82, 2.24) is 10.2 Å². The summed E-state index contributed by atoms with van der Waals surface area (Å²) < 4.78 is 0. The molecule has 0 atom stereocenters. The second-order valence-corrected chi connectivity index (χ2v) is 5.27. The van der Waals surface area contributed by atoms with E-state index in [-0.39, 0.29) is 31.6 Å². The fraction of sp³-hybridized carbons (Fsp3) is 0.714. The van der Waals surface area contributed by atoms with Gasteiger partial charge < -0.3 is 10.4 Å². The van der Waals surface area contributed by atoms with E-state index < -0.39 is 5.97 Å². The summed E-state index contributed by atoms with van der Waals surface area (Å²) in [5, 5.41) is 11.7. The Balaban J connectivity index is 2.35. The fourth-order valence-electron chi connectivity index (χ4n) is 2.37. The number of terminal acetylenes is 1. The van der Waals surface area contributed by atoms with Gasteiger partial charge in [0, 0.05) is 6.04 Å². The molecule has 19 heavy (non-hydrogen) atoms. The predicted octanol–water partition coefficient (Wildman–Crippen LogP) is 0.701. The van der Waals surface area contributed by atoms with E-state index in [1.54, 1.807) is 0 Å². The third-order valence-corrected chi connectivity index (χ3v) is 3.42. The van der Waals surface area contributed by atoms with Gasteiger partial charge in [-0.05, 0) is 31.6 Å². The van der Waals surface area contributed by atoms with E-state index in [0.717, 1.165) is 31.6 Å². The molecule has 0 radical (unpaired) electrons. The Bertz CT molecular complexity index is 354. The average molecular weight is 266 g/mol. The predicted molar refractivity (Wildman–Crippen MR) is 72.5 cm³/mol. The lowest BCUT2D eigenvalue weighted by molar-refractivity contribution is -0.138. The van der Waals surface area contributed by atoms with Gasteiger partial charge in [0.15, 0.2) is 0 Å². The van der Waals surface area contributed by atoms with Gasteiger partial charge in [-0.3, -0.25) is 14.5 Å². The minimum atomic E-state index is -0.977. The molecule has 5 heteroatoms. The highest BCUT2D eigenvalue weighted by molar-refractivity contribution is 5.79. The van der Waals surface area contributed by atoms with Crippen LogP contribution in [0, 0.1) is 18.3 Å². The van der Waals surface area contributed by atoms with Crippen LogP contribution in [0.3, 0.4) is 0 Å². The van der Waals surface area contributed by atoms with E-state index in [2.05, 4.69) is 18.2 Å². The molecule has 0 spiro atoms. The summed E-state index contributed by atoms with van der Waals surface area (Å²) in [7, 11) is 0. The summed E-state index contributed by atoms with van der Waals surface area (Å²) >= 11 is 0. The first-order chi connectivity index (χ1) is 9.01. The third kappa shape index (κ3) is 6.25. The minimum Gasteiger partial charge on any atom is -0.480 e. The molecule has 0 aromatic heterocycles. The Morgan fingerprint density at radius 3 is 2.47 bits per heavy atom. The highest BCUT2D eigenvalue weighted by Gasteiger charge is 2.21. The van der Waals surface area contributed by atoms with Crippen molar-refractivity contribution in [3.63, 3.8) is 0 Å². The van der Waals surface area contributed by atoms with Crippen molar-refractivity contribution >= 4 is 11.9 Å². The number of nitrogens with zero attached hydrogens (tertiary/aromatic N) is 1. The van der Waals surface area contributed by atoms with E-state index in [4.69, 9.17) is 11.5 Å². The molecule has 0 aromatic rings. The summed E-state index contributed by atoms with van der Waals surface area (Å²) in [5.74, 6) is 1.99.